The first kappa shape index (κ1) is 16.1. The lowest BCUT2D eigenvalue weighted by atomic mass is 10.3. The molecule has 1 heterocycles. The molecular weight excluding hydrogens is 357 g/mol. The zero-order valence-electron chi connectivity index (χ0n) is 10.6. The summed E-state index contributed by atoms with van der Waals surface area (Å²) in [5.74, 6) is -1.21. The Hall–Kier alpha value is -1.28. The molecule has 0 aliphatic carbocycles. The average Bonchev–Trinajstić information content (AvgIpc) is 2.70. The van der Waals surface area contributed by atoms with Crippen LogP contribution in [0.25, 0.3) is 0 Å². The van der Waals surface area contributed by atoms with Crippen molar-refractivity contribution in [3.05, 3.63) is 44.1 Å². The number of hydrogen-bond donors (Lipinski definition) is 2. The molecule has 1 aromatic heterocycles. The molecule has 0 aliphatic rings. The normalized spacial score (nSPS) is 11.4. The second-order valence-corrected chi connectivity index (χ2v) is 7.40. The number of carbonyl (C=O) groups is 1. The van der Waals surface area contributed by atoms with E-state index in [1.807, 2.05) is 0 Å². The molecular formula is C12H9Cl2NO4S2. The fourth-order valence-electron chi connectivity index (χ4n) is 1.65. The van der Waals surface area contributed by atoms with Crippen LogP contribution in [0.4, 0.5) is 5.69 Å². The van der Waals surface area contributed by atoms with Crippen LogP contribution < -0.4 is 4.72 Å². The summed E-state index contributed by atoms with van der Waals surface area (Å²) in [6, 6.07) is 4.30. The number of benzene rings is 1. The Morgan fingerprint density at radius 2 is 1.86 bits per heavy atom. The summed E-state index contributed by atoms with van der Waals surface area (Å²) in [5, 5.41) is 10.5. The molecule has 5 nitrogen and oxygen atoms in total. The van der Waals surface area contributed by atoms with Gasteiger partial charge in [-0.3, -0.25) is 4.72 Å². The number of carboxylic acid groups (broad SMARTS) is 1. The molecule has 1 aromatic carbocycles. The van der Waals surface area contributed by atoms with Crippen LogP contribution >= 0.6 is 34.5 Å². The van der Waals surface area contributed by atoms with E-state index in [1.54, 1.807) is 12.3 Å². The van der Waals surface area contributed by atoms with E-state index < -0.39 is 16.0 Å². The number of thiophene rings is 1. The van der Waals surface area contributed by atoms with E-state index in [2.05, 4.69) is 4.72 Å². The summed E-state index contributed by atoms with van der Waals surface area (Å²) in [6.07, 6.45) is 0. The number of rotatable bonds is 4. The Morgan fingerprint density at radius 3 is 2.38 bits per heavy atom. The quantitative estimate of drug-likeness (QED) is 0.861. The molecule has 0 saturated heterocycles. The molecule has 112 valence electrons. The standard InChI is InChI=1S/C12H9Cl2NO4S2/c1-6-5-20-10(12(16)17)9(6)15-21(18,19)11-7(13)3-2-4-8(11)14/h2-5,15H,1H3,(H,16,17). The van der Waals surface area contributed by atoms with E-state index in [0.717, 1.165) is 11.3 Å². The molecule has 2 rings (SSSR count). The monoisotopic (exact) mass is 365 g/mol. The summed E-state index contributed by atoms with van der Waals surface area (Å²) >= 11 is 12.7. The average molecular weight is 366 g/mol. The Labute approximate surface area is 135 Å². The van der Waals surface area contributed by atoms with Crippen LogP contribution in [0.2, 0.25) is 10.0 Å². The van der Waals surface area contributed by atoms with Gasteiger partial charge in [0.2, 0.25) is 0 Å². The van der Waals surface area contributed by atoms with Gasteiger partial charge in [-0.15, -0.1) is 11.3 Å². The van der Waals surface area contributed by atoms with E-state index in [1.165, 1.54) is 18.2 Å². The van der Waals surface area contributed by atoms with Gasteiger partial charge in [-0.1, -0.05) is 29.3 Å². The highest BCUT2D eigenvalue weighted by molar-refractivity contribution is 7.93. The van der Waals surface area contributed by atoms with Crippen molar-refractivity contribution in [2.24, 2.45) is 0 Å². The summed E-state index contributed by atoms with van der Waals surface area (Å²) < 4.78 is 27.0. The van der Waals surface area contributed by atoms with Gasteiger partial charge in [-0.25, -0.2) is 13.2 Å². The van der Waals surface area contributed by atoms with E-state index in [9.17, 15) is 13.2 Å². The van der Waals surface area contributed by atoms with Crippen molar-refractivity contribution in [2.45, 2.75) is 11.8 Å². The minimum atomic E-state index is -4.09. The van der Waals surface area contributed by atoms with Crippen molar-refractivity contribution in [3.63, 3.8) is 0 Å². The molecule has 21 heavy (non-hydrogen) atoms. The smallest absolute Gasteiger partial charge is 0.348 e. The van der Waals surface area contributed by atoms with Crippen LogP contribution in [-0.2, 0) is 10.0 Å². The van der Waals surface area contributed by atoms with Gasteiger partial charge in [0.05, 0.1) is 15.7 Å². The van der Waals surface area contributed by atoms with Gasteiger partial charge in [0.25, 0.3) is 10.0 Å². The maximum Gasteiger partial charge on any atom is 0.348 e. The van der Waals surface area contributed by atoms with Gasteiger partial charge in [0.1, 0.15) is 9.77 Å². The number of nitrogens with one attached hydrogen (secondary N) is 1. The van der Waals surface area contributed by atoms with Crippen molar-refractivity contribution >= 4 is 56.2 Å². The molecule has 0 radical (unpaired) electrons. The van der Waals surface area contributed by atoms with Gasteiger partial charge in [0, 0.05) is 0 Å². The second-order valence-electron chi connectivity index (χ2n) is 4.08. The topological polar surface area (TPSA) is 83.5 Å². The van der Waals surface area contributed by atoms with Gasteiger partial charge in [-0.2, -0.15) is 0 Å². The van der Waals surface area contributed by atoms with Gasteiger partial charge in [0.15, 0.2) is 0 Å². The highest BCUT2D eigenvalue weighted by Gasteiger charge is 2.25. The molecule has 0 saturated carbocycles. The lowest BCUT2D eigenvalue weighted by Crippen LogP contribution is -2.16. The number of anilines is 1. The largest absolute Gasteiger partial charge is 0.477 e. The predicted molar refractivity (Wildman–Crippen MR) is 83.3 cm³/mol. The fraction of sp³-hybridized carbons (Fsp3) is 0.0833. The number of hydrogen-bond acceptors (Lipinski definition) is 4. The van der Waals surface area contributed by atoms with Crippen LogP contribution in [0, 0.1) is 6.92 Å². The number of sulfonamides is 1. The molecule has 0 unspecified atom stereocenters. The first-order valence-electron chi connectivity index (χ1n) is 5.52. The molecule has 0 amide bonds. The highest BCUT2D eigenvalue weighted by Crippen LogP contribution is 2.34. The first-order valence-corrected chi connectivity index (χ1v) is 8.64. The van der Waals surface area contributed by atoms with Crippen molar-refractivity contribution < 1.29 is 18.3 Å². The van der Waals surface area contributed by atoms with E-state index in [-0.39, 0.29) is 25.5 Å². The molecule has 0 atom stereocenters. The molecule has 0 aliphatic heterocycles. The lowest BCUT2D eigenvalue weighted by Gasteiger charge is -2.11. The number of halogens is 2. The third-order valence-corrected chi connectivity index (χ3v) is 5.98. The summed E-state index contributed by atoms with van der Waals surface area (Å²) in [5.41, 5.74) is 0.521. The van der Waals surface area contributed by atoms with Gasteiger partial charge >= 0.3 is 5.97 Å². The number of aromatic carboxylic acids is 1. The Bertz CT molecular complexity index is 794. The maximum atomic E-state index is 12.4. The first-order chi connectivity index (χ1) is 9.74. The molecule has 9 heteroatoms. The van der Waals surface area contributed by atoms with Crippen molar-refractivity contribution in [1.29, 1.82) is 0 Å². The van der Waals surface area contributed by atoms with Crippen molar-refractivity contribution in [1.82, 2.24) is 0 Å². The minimum absolute atomic E-state index is 0.0171. The van der Waals surface area contributed by atoms with Crippen LogP contribution in [0.5, 0.6) is 0 Å². The summed E-state index contributed by atoms with van der Waals surface area (Å²) in [6.45, 7) is 1.61. The summed E-state index contributed by atoms with van der Waals surface area (Å²) in [7, 11) is -4.09. The van der Waals surface area contributed by atoms with Gasteiger partial charge in [-0.05, 0) is 30.0 Å². The fourth-order valence-corrected chi connectivity index (χ4v) is 4.85. The number of carboxylic acids is 1. The maximum absolute atomic E-state index is 12.4. The van der Waals surface area contributed by atoms with E-state index in [0.29, 0.717) is 5.56 Å². The zero-order valence-corrected chi connectivity index (χ0v) is 13.7. The lowest BCUT2D eigenvalue weighted by molar-refractivity contribution is 0.0703. The molecule has 0 fully saturated rings. The minimum Gasteiger partial charge on any atom is -0.477 e. The van der Waals surface area contributed by atoms with Crippen LogP contribution in [0.15, 0.2) is 28.5 Å². The second kappa shape index (κ2) is 5.84. The Morgan fingerprint density at radius 1 is 1.29 bits per heavy atom. The van der Waals surface area contributed by atoms with Crippen molar-refractivity contribution in [3.8, 4) is 0 Å². The van der Waals surface area contributed by atoms with Crippen LogP contribution in [-0.4, -0.2) is 19.5 Å². The SMILES string of the molecule is Cc1csc(C(=O)O)c1NS(=O)(=O)c1c(Cl)cccc1Cl. The van der Waals surface area contributed by atoms with E-state index >= 15 is 0 Å². The third-order valence-electron chi connectivity index (χ3n) is 2.59. The zero-order chi connectivity index (χ0) is 15.8. The van der Waals surface area contributed by atoms with Crippen LogP contribution in [0.1, 0.15) is 15.2 Å². The van der Waals surface area contributed by atoms with Gasteiger partial charge < -0.3 is 5.11 Å². The van der Waals surface area contributed by atoms with E-state index in [4.69, 9.17) is 28.3 Å². The van der Waals surface area contributed by atoms with Crippen molar-refractivity contribution in [2.75, 3.05) is 4.72 Å². The number of aryl methyl sites for hydroxylation is 1. The molecule has 0 spiro atoms. The summed E-state index contributed by atoms with van der Waals surface area (Å²) in [4.78, 5) is 10.7. The molecule has 2 aromatic rings. The molecule has 0 bridgehead atoms. The van der Waals surface area contributed by atoms with Crippen LogP contribution in [0.3, 0.4) is 0 Å². The predicted octanol–water partition coefficient (Wildman–Crippen LogP) is 3.86. The highest BCUT2D eigenvalue weighted by atomic mass is 35.5. The molecule has 2 N–H and O–H groups in total. The Kier molecular flexibility index (Phi) is 4.48. The third kappa shape index (κ3) is 3.16. The Balaban J connectivity index is 2.53.